The lowest BCUT2D eigenvalue weighted by molar-refractivity contribution is 0.0953. The van der Waals surface area contributed by atoms with E-state index in [0.717, 1.165) is 5.82 Å². The number of aliphatic hydroxyl groups excluding tert-OH is 1. The third kappa shape index (κ3) is 3.67. The van der Waals surface area contributed by atoms with E-state index in [1.54, 1.807) is 18.5 Å². The van der Waals surface area contributed by atoms with Gasteiger partial charge in [-0.15, -0.1) is 0 Å². The molecular formula is C14H14N4O2. The summed E-state index contributed by atoms with van der Waals surface area (Å²) in [6.45, 7) is 0.218. The number of hydrogen-bond acceptors (Lipinski definition) is 4. The zero-order chi connectivity index (χ0) is 14.2. The van der Waals surface area contributed by atoms with Gasteiger partial charge in [-0.3, -0.25) is 9.78 Å². The van der Waals surface area contributed by atoms with E-state index < -0.39 is 0 Å². The Morgan fingerprint density at radius 2 is 2.35 bits per heavy atom. The van der Waals surface area contributed by atoms with Crippen molar-refractivity contribution in [2.45, 2.75) is 6.42 Å². The fourth-order valence-corrected chi connectivity index (χ4v) is 1.65. The maximum Gasteiger partial charge on any atom is 0.252 e. The molecule has 3 N–H and O–H groups in total. The lowest BCUT2D eigenvalue weighted by Gasteiger charge is -2.05. The van der Waals surface area contributed by atoms with Crippen molar-refractivity contribution in [1.82, 2.24) is 20.3 Å². The van der Waals surface area contributed by atoms with Gasteiger partial charge in [-0.05, 0) is 6.07 Å². The molecule has 6 heteroatoms. The summed E-state index contributed by atoms with van der Waals surface area (Å²) < 4.78 is 0. The van der Waals surface area contributed by atoms with Crippen molar-refractivity contribution in [2.75, 3.05) is 13.2 Å². The standard InChI is InChI=1S/C14H14N4O2/c19-9-1-2-11-10-15-5-3-12(11)14(20)18-6-4-13-16-7-8-17-13/h3,5,7-8,10,19H,4,6,9H2,(H,16,17)(H,18,20). The summed E-state index contributed by atoms with van der Waals surface area (Å²) in [6.07, 6.45) is 7.07. The van der Waals surface area contributed by atoms with Gasteiger partial charge in [0.15, 0.2) is 0 Å². The first kappa shape index (κ1) is 13.8. The Hall–Kier alpha value is -2.65. The molecule has 6 nitrogen and oxygen atoms in total. The molecule has 0 aliphatic rings. The van der Waals surface area contributed by atoms with Crippen LogP contribution in [0.3, 0.4) is 0 Å². The van der Waals surface area contributed by atoms with Gasteiger partial charge in [0.1, 0.15) is 12.4 Å². The number of aromatic nitrogens is 3. The summed E-state index contributed by atoms with van der Waals surface area (Å²) in [5.41, 5.74) is 0.942. The summed E-state index contributed by atoms with van der Waals surface area (Å²) in [5, 5.41) is 11.5. The van der Waals surface area contributed by atoms with Gasteiger partial charge in [0, 0.05) is 37.8 Å². The van der Waals surface area contributed by atoms with E-state index in [1.807, 2.05) is 0 Å². The van der Waals surface area contributed by atoms with Crippen LogP contribution in [0.25, 0.3) is 0 Å². The molecule has 2 aromatic rings. The van der Waals surface area contributed by atoms with Crippen molar-refractivity contribution < 1.29 is 9.90 Å². The van der Waals surface area contributed by atoms with Crippen molar-refractivity contribution in [3.8, 4) is 11.8 Å². The van der Waals surface area contributed by atoms with Crippen molar-refractivity contribution >= 4 is 5.91 Å². The van der Waals surface area contributed by atoms with Crippen LogP contribution in [0.4, 0.5) is 0 Å². The Balaban J connectivity index is 1.98. The molecule has 0 spiro atoms. The molecule has 0 aromatic carbocycles. The predicted molar refractivity (Wildman–Crippen MR) is 72.8 cm³/mol. The number of aliphatic hydroxyl groups is 1. The van der Waals surface area contributed by atoms with Gasteiger partial charge in [-0.1, -0.05) is 11.8 Å². The first-order chi connectivity index (χ1) is 9.81. The second-order valence-corrected chi connectivity index (χ2v) is 3.92. The fourth-order valence-electron chi connectivity index (χ4n) is 1.65. The van der Waals surface area contributed by atoms with Gasteiger partial charge >= 0.3 is 0 Å². The number of H-pyrrole nitrogens is 1. The van der Waals surface area contributed by atoms with Crippen LogP contribution in [0.5, 0.6) is 0 Å². The smallest absolute Gasteiger partial charge is 0.252 e. The fraction of sp³-hybridized carbons (Fsp3) is 0.214. The molecule has 20 heavy (non-hydrogen) atoms. The summed E-state index contributed by atoms with van der Waals surface area (Å²) in [4.78, 5) is 23.0. The maximum absolute atomic E-state index is 12.1. The minimum Gasteiger partial charge on any atom is -0.384 e. The third-order valence-corrected chi connectivity index (χ3v) is 2.57. The first-order valence-electron chi connectivity index (χ1n) is 6.11. The molecule has 0 unspecified atom stereocenters. The number of nitrogens with one attached hydrogen (secondary N) is 2. The predicted octanol–water partition coefficient (Wildman–Crippen LogP) is 0.121. The highest BCUT2D eigenvalue weighted by atomic mass is 16.2. The molecule has 0 fully saturated rings. The maximum atomic E-state index is 12.1. The summed E-state index contributed by atoms with van der Waals surface area (Å²) in [7, 11) is 0. The van der Waals surface area contributed by atoms with Crippen LogP contribution in [0.1, 0.15) is 21.7 Å². The number of nitrogens with zero attached hydrogens (tertiary/aromatic N) is 2. The number of imidazole rings is 1. The number of hydrogen-bond donors (Lipinski definition) is 3. The SMILES string of the molecule is O=C(NCCc1ncc[nH]1)c1ccncc1C#CCO. The second-order valence-electron chi connectivity index (χ2n) is 3.92. The number of rotatable bonds is 4. The van der Waals surface area contributed by atoms with E-state index in [1.165, 1.54) is 12.4 Å². The lowest BCUT2D eigenvalue weighted by Crippen LogP contribution is -2.26. The summed E-state index contributed by atoms with van der Waals surface area (Å²) >= 11 is 0. The van der Waals surface area contributed by atoms with E-state index in [9.17, 15) is 4.79 Å². The van der Waals surface area contributed by atoms with Gasteiger partial charge in [-0.25, -0.2) is 4.98 Å². The number of carbonyl (C=O) groups excluding carboxylic acids is 1. The Labute approximate surface area is 116 Å². The molecule has 0 saturated carbocycles. The van der Waals surface area contributed by atoms with Crippen LogP contribution in [-0.2, 0) is 6.42 Å². The first-order valence-corrected chi connectivity index (χ1v) is 6.11. The van der Waals surface area contributed by atoms with E-state index in [-0.39, 0.29) is 12.5 Å². The van der Waals surface area contributed by atoms with Crippen LogP contribution in [0.2, 0.25) is 0 Å². The summed E-state index contributed by atoms with van der Waals surface area (Å²) in [5.74, 6) is 5.81. The Morgan fingerprint density at radius 1 is 1.45 bits per heavy atom. The zero-order valence-electron chi connectivity index (χ0n) is 10.8. The number of amides is 1. The Bertz CT molecular complexity index is 626. The number of pyridine rings is 1. The highest BCUT2D eigenvalue weighted by Gasteiger charge is 2.09. The quantitative estimate of drug-likeness (QED) is 0.688. The molecule has 2 aromatic heterocycles. The molecule has 2 heterocycles. The minimum absolute atomic E-state index is 0.221. The average Bonchev–Trinajstić information content (AvgIpc) is 2.98. The van der Waals surface area contributed by atoms with Crippen LogP contribution in [0.15, 0.2) is 30.9 Å². The molecule has 2 rings (SSSR count). The topological polar surface area (TPSA) is 90.9 Å². The highest BCUT2D eigenvalue weighted by molar-refractivity contribution is 5.96. The number of aromatic amines is 1. The van der Waals surface area contributed by atoms with Crippen molar-refractivity contribution in [3.05, 3.63) is 47.8 Å². The van der Waals surface area contributed by atoms with Gasteiger partial charge in [0.2, 0.25) is 0 Å². The van der Waals surface area contributed by atoms with E-state index >= 15 is 0 Å². The van der Waals surface area contributed by atoms with Crippen molar-refractivity contribution in [1.29, 1.82) is 0 Å². The minimum atomic E-state index is -0.256. The van der Waals surface area contributed by atoms with Crippen molar-refractivity contribution in [3.63, 3.8) is 0 Å². The average molecular weight is 270 g/mol. The Kier molecular flexibility index (Phi) is 4.87. The van der Waals surface area contributed by atoms with Gasteiger partial charge in [0.25, 0.3) is 5.91 Å². The van der Waals surface area contributed by atoms with Crippen LogP contribution < -0.4 is 5.32 Å². The van der Waals surface area contributed by atoms with Crippen LogP contribution >= 0.6 is 0 Å². The molecular weight excluding hydrogens is 256 g/mol. The largest absolute Gasteiger partial charge is 0.384 e. The molecule has 1 amide bonds. The monoisotopic (exact) mass is 270 g/mol. The van der Waals surface area contributed by atoms with Crippen LogP contribution in [-0.4, -0.2) is 39.1 Å². The van der Waals surface area contributed by atoms with Crippen molar-refractivity contribution in [2.24, 2.45) is 0 Å². The van der Waals surface area contributed by atoms with E-state index in [0.29, 0.717) is 24.1 Å². The highest BCUT2D eigenvalue weighted by Crippen LogP contribution is 2.05. The normalized spacial score (nSPS) is 9.65. The molecule has 0 atom stereocenters. The Morgan fingerprint density at radius 3 is 3.10 bits per heavy atom. The summed E-state index contributed by atoms with van der Waals surface area (Å²) in [6, 6.07) is 1.60. The van der Waals surface area contributed by atoms with Gasteiger partial charge < -0.3 is 15.4 Å². The van der Waals surface area contributed by atoms with Crippen LogP contribution in [0, 0.1) is 11.8 Å². The second kappa shape index (κ2) is 7.07. The molecule has 0 aliphatic heterocycles. The van der Waals surface area contributed by atoms with E-state index in [2.05, 4.69) is 32.1 Å². The van der Waals surface area contributed by atoms with Gasteiger partial charge in [-0.2, -0.15) is 0 Å². The number of carbonyl (C=O) groups is 1. The van der Waals surface area contributed by atoms with E-state index in [4.69, 9.17) is 5.11 Å². The molecule has 0 bridgehead atoms. The molecule has 0 saturated heterocycles. The molecule has 0 radical (unpaired) electrons. The van der Waals surface area contributed by atoms with Gasteiger partial charge in [0.05, 0.1) is 11.1 Å². The lowest BCUT2D eigenvalue weighted by atomic mass is 10.1. The molecule has 0 aliphatic carbocycles. The zero-order valence-corrected chi connectivity index (χ0v) is 10.8. The molecule has 102 valence electrons. The third-order valence-electron chi connectivity index (χ3n) is 2.57.